The van der Waals surface area contributed by atoms with E-state index in [0.717, 1.165) is 0 Å². The second-order valence-electron chi connectivity index (χ2n) is 3.86. The highest BCUT2D eigenvalue weighted by Crippen LogP contribution is 2.40. The maximum atomic E-state index is 2.35. The molecule has 0 N–H and O–H groups in total. The zero-order valence-corrected chi connectivity index (χ0v) is 7.52. The predicted octanol–water partition coefficient (Wildman–Crippen LogP) is 0.642. The summed E-state index contributed by atoms with van der Waals surface area (Å²) in [5.41, 5.74) is 0.531. The molecule has 2 nitrogen and oxygen atoms in total. The molecule has 0 aromatic carbocycles. The molecule has 10 heavy (non-hydrogen) atoms. The van der Waals surface area contributed by atoms with Crippen LogP contribution in [0.1, 0.15) is 12.8 Å². The van der Waals surface area contributed by atoms with E-state index in [1.54, 1.807) is 0 Å². The highest BCUT2D eigenvalue weighted by Gasteiger charge is 2.44. The van der Waals surface area contributed by atoms with Crippen molar-refractivity contribution < 1.29 is 0 Å². The zero-order chi connectivity index (χ0) is 7.78. The summed E-state index contributed by atoms with van der Waals surface area (Å²) in [6, 6.07) is 0. The Morgan fingerprint density at radius 3 is 1.70 bits per heavy atom. The van der Waals surface area contributed by atoms with Crippen LogP contribution in [0.4, 0.5) is 0 Å². The molecule has 0 aromatic rings. The van der Waals surface area contributed by atoms with Gasteiger partial charge in [0.05, 0.1) is 0 Å². The van der Waals surface area contributed by atoms with E-state index in [9.17, 15) is 0 Å². The summed E-state index contributed by atoms with van der Waals surface area (Å²) in [6.07, 6.45) is 2.75. The summed E-state index contributed by atoms with van der Waals surface area (Å²) in [7, 11) is 8.64. The van der Waals surface area contributed by atoms with Gasteiger partial charge in [-0.15, -0.1) is 0 Å². The van der Waals surface area contributed by atoms with Crippen molar-refractivity contribution in [2.75, 3.05) is 34.7 Å². The molecule has 1 fully saturated rings. The molecule has 0 amide bonds. The average Bonchev–Trinajstić information content (AvgIpc) is 2.46. The number of likely N-dealkylation sites (N-methyl/N-ethyl adjacent to an activating group) is 2. The van der Waals surface area contributed by atoms with E-state index in [1.165, 1.54) is 19.4 Å². The van der Waals surface area contributed by atoms with Crippen molar-refractivity contribution in [3.63, 3.8) is 0 Å². The second kappa shape index (κ2) is 2.51. The largest absolute Gasteiger partial charge is 0.308 e. The van der Waals surface area contributed by atoms with Gasteiger partial charge >= 0.3 is 0 Å². The van der Waals surface area contributed by atoms with E-state index in [2.05, 4.69) is 38.0 Å². The summed E-state index contributed by atoms with van der Waals surface area (Å²) in [5.74, 6) is 0. The van der Waals surface area contributed by atoms with Gasteiger partial charge in [0, 0.05) is 12.1 Å². The third-order valence-electron chi connectivity index (χ3n) is 2.39. The molecular weight excluding hydrogens is 124 g/mol. The van der Waals surface area contributed by atoms with E-state index in [-0.39, 0.29) is 0 Å². The number of hydrogen-bond donors (Lipinski definition) is 0. The first-order valence-corrected chi connectivity index (χ1v) is 3.89. The Kier molecular flexibility index (Phi) is 2.02. The number of hydrogen-bond acceptors (Lipinski definition) is 2. The van der Waals surface area contributed by atoms with Crippen LogP contribution < -0.4 is 0 Å². The fraction of sp³-hybridized carbons (Fsp3) is 1.00. The Balaban J connectivity index is 2.38. The normalized spacial score (nSPS) is 22.2. The molecule has 1 aliphatic carbocycles. The molecule has 0 bridgehead atoms. The minimum atomic E-state index is 0.531. The predicted molar refractivity (Wildman–Crippen MR) is 44.2 cm³/mol. The van der Waals surface area contributed by atoms with Crippen LogP contribution in [0, 0.1) is 0 Å². The molecule has 0 unspecified atom stereocenters. The van der Waals surface area contributed by atoms with Gasteiger partial charge in [0.2, 0.25) is 0 Å². The molecule has 0 atom stereocenters. The summed E-state index contributed by atoms with van der Waals surface area (Å²) in [4.78, 5) is 4.62. The van der Waals surface area contributed by atoms with Gasteiger partial charge in [-0.25, -0.2) is 0 Å². The van der Waals surface area contributed by atoms with Crippen molar-refractivity contribution in [1.29, 1.82) is 0 Å². The first-order valence-electron chi connectivity index (χ1n) is 3.89. The van der Waals surface area contributed by atoms with Gasteiger partial charge < -0.3 is 9.80 Å². The van der Waals surface area contributed by atoms with Gasteiger partial charge in [-0.05, 0) is 41.0 Å². The van der Waals surface area contributed by atoms with E-state index < -0.39 is 0 Å². The lowest BCUT2D eigenvalue weighted by Crippen LogP contribution is -2.39. The molecule has 1 saturated carbocycles. The fourth-order valence-corrected chi connectivity index (χ4v) is 1.48. The highest BCUT2D eigenvalue weighted by atomic mass is 15.2. The SMILES string of the molecule is CN(C)CC1(N(C)C)CC1. The van der Waals surface area contributed by atoms with Crippen molar-refractivity contribution >= 4 is 0 Å². The van der Waals surface area contributed by atoms with E-state index in [1.807, 2.05) is 0 Å². The lowest BCUT2D eigenvalue weighted by atomic mass is 10.2. The summed E-state index contributed by atoms with van der Waals surface area (Å²) < 4.78 is 0. The third-order valence-corrected chi connectivity index (χ3v) is 2.39. The minimum Gasteiger partial charge on any atom is -0.308 e. The van der Waals surface area contributed by atoms with Crippen LogP contribution in [-0.2, 0) is 0 Å². The van der Waals surface area contributed by atoms with Crippen molar-refractivity contribution in [2.45, 2.75) is 18.4 Å². The summed E-state index contributed by atoms with van der Waals surface area (Å²) in [6.45, 7) is 1.21. The van der Waals surface area contributed by atoms with Gasteiger partial charge in [-0.3, -0.25) is 0 Å². The second-order valence-corrected chi connectivity index (χ2v) is 3.86. The Labute approximate surface area is 63.8 Å². The van der Waals surface area contributed by atoms with Crippen molar-refractivity contribution in [2.24, 2.45) is 0 Å². The quantitative estimate of drug-likeness (QED) is 0.570. The highest BCUT2D eigenvalue weighted by molar-refractivity contribution is 5.03. The van der Waals surface area contributed by atoms with Crippen LogP contribution >= 0.6 is 0 Å². The first kappa shape index (κ1) is 8.02. The van der Waals surface area contributed by atoms with E-state index >= 15 is 0 Å². The third kappa shape index (κ3) is 1.50. The maximum Gasteiger partial charge on any atom is 0.0331 e. The smallest absolute Gasteiger partial charge is 0.0331 e. The topological polar surface area (TPSA) is 6.48 Å². The summed E-state index contributed by atoms with van der Waals surface area (Å²) >= 11 is 0. The minimum absolute atomic E-state index is 0.531. The van der Waals surface area contributed by atoms with Gasteiger partial charge in [-0.1, -0.05) is 0 Å². The van der Waals surface area contributed by atoms with Crippen LogP contribution in [-0.4, -0.2) is 50.1 Å². The Hall–Kier alpha value is -0.0800. The van der Waals surface area contributed by atoms with Gasteiger partial charge in [0.1, 0.15) is 0 Å². The fourth-order valence-electron chi connectivity index (χ4n) is 1.48. The average molecular weight is 142 g/mol. The number of rotatable bonds is 3. The van der Waals surface area contributed by atoms with Crippen LogP contribution in [0.2, 0.25) is 0 Å². The van der Waals surface area contributed by atoms with Crippen molar-refractivity contribution in [1.82, 2.24) is 9.80 Å². The molecule has 0 saturated heterocycles. The molecule has 0 spiro atoms. The molecule has 1 rings (SSSR count). The van der Waals surface area contributed by atoms with E-state index in [0.29, 0.717) is 5.54 Å². The maximum absolute atomic E-state index is 2.35. The lowest BCUT2D eigenvalue weighted by Gasteiger charge is -2.26. The van der Waals surface area contributed by atoms with Crippen LogP contribution in [0.5, 0.6) is 0 Å². The van der Waals surface area contributed by atoms with Crippen molar-refractivity contribution in [3.05, 3.63) is 0 Å². The van der Waals surface area contributed by atoms with E-state index in [4.69, 9.17) is 0 Å². The Morgan fingerprint density at radius 1 is 1.10 bits per heavy atom. The molecule has 1 aliphatic rings. The first-order chi connectivity index (χ1) is 4.57. The van der Waals surface area contributed by atoms with Crippen LogP contribution in [0.3, 0.4) is 0 Å². The standard InChI is InChI=1S/C8H18N2/c1-9(2)7-8(5-6-8)10(3)4/h5-7H2,1-4H3. The lowest BCUT2D eigenvalue weighted by molar-refractivity contribution is 0.209. The molecule has 0 heterocycles. The van der Waals surface area contributed by atoms with Gasteiger partial charge in [0.15, 0.2) is 0 Å². The number of nitrogens with zero attached hydrogens (tertiary/aromatic N) is 2. The van der Waals surface area contributed by atoms with Crippen LogP contribution in [0.25, 0.3) is 0 Å². The monoisotopic (exact) mass is 142 g/mol. The summed E-state index contributed by atoms with van der Waals surface area (Å²) in [5, 5.41) is 0. The molecule has 0 aliphatic heterocycles. The molecule has 2 heteroatoms. The van der Waals surface area contributed by atoms with Crippen LogP contribution in [0.15, 0.2) is 0 Å². The van der Waals surface area contributed by atoms with Gasteiger partial charge in [0.25, 0.3) is 0 Å². The molecular formula is C8H18N2. The molecule has 0 aromatic heterocycles. The Morgan fingerprint density at radius 2 is 1.60 bits per heavy atom. The molecule has 60 valence electrons. The van der Waals surface area contributed by atoms with Crippen molar-refractivity contribution in [3.8, 4) is 0 Å². The Bertz CT molecular complexity index is 114. The van der Waals surface area contributed by atoms with Gasteiger partial charge in [-0.2, -0.15) is 0 Å². The zero-order valence-electron chi connectivity index (χ0n) is 7.52. The molecule has 0 radical (unpaired) electrons.